The molecule has 19 heavy (non-hydrogen) atoms. The van der Waals surface area contributed by atoms with Crippen molar-refractivity contribution in [2.24, 2.45) is 5.73 Å². The lowest BCUT2D eigenvalue weighted by molar-refractivity contribution is -0.117. The molecule has 1 atom stereocenters. The van der Waals surface area contributed by atoms with E-state index in [1.807, 2.05) is 12.1 Å². The standard InChI is InChI=1S/C11H12ClN5OS/c1-6(9(13)18)19-11-16-15-10(17(11)14)7-4-2-3-5-8(7)12/h2-6H,14H2,1H3,(H2,13,18). The summed E-state index contributed by atoms with van der Waals surface area (Å²) >= 11 is 7.22. The van der Waals surface area contributed by atoms with Crippen LogP contribution in [0, 0.1) is 0 Å². The fourth-order valence-electron chi connectivity index (χ4n) is 1.40. The van der Waals surface area contributed by atoms with Gasteiger partial charge in [-0.3, -0.25) is 4.79 Å². The van der Waals surface area contributed by atoms with Gasteiger partial charge in [-0.05, 0) is 19.1 Å². The molecule has 1 aromatic carbocycles. The summed E-state index contributed by atoms with van der Waals surface area (Å²) in [5.41, 5.74) is 5.88. The summed E-state index contributed by atoms with van der Waals surface area (Å²) in [6.07, 6.45) is 0. The third-order valence-corrected chi connectivity index (χ3v) is 3.87. The van der Waals surface area contributed by atoms with Crippen molar-refractivity contribution < 1.29 is 4.79 Å². The molecule has 6 nitrogen and oxygen atoms in total. The number of carbonyl (C=O) groups is 1. The summed E-state index contributed by atoms with van der Waals surface area (Å²) in [7, 11) is 0. The van der Waals surface area contributed by atoms with Crippen molar-refractivity contribution in [2.45, 2.75) is 17.3 Å². The monoisotopic (exact) mass is 297 g/mol. The molecule has 0 aliphatic heterocycles. The van der Waals surface area contributed by atoms with Crippen molar-refractivity contribution in [2.75, 3.05) is 5.84 Å². The maximum absolute atomic E-state index is 11.0. The largest absolute Gasteiger partial charge is 0.369 e. The quantitative estimate of drug-likeness (QED) is 0.654. The van der Waals surface area contributed by atoms with Crippen LogP contribution in [-0.2, 0) is 4.79 Å². The van der Waals surface area contributed by atoms with E-state index in [0.29, 0.717) is 21.6 Å². The minimum absolute atomic E-state index is 0.404. The number of aromatic nitrogens is 3. The number of thioether (sulfide) groups is 1. The van der Waals surface area contributed by atoms with Gasteiger partial charge in [-0.15, -0.1) is 10.2 Å². The number of nitrogen functional groups attached to an aromatic ring is 1. The van der Waals surface area contributed by atoms with Crippen LogP contribution in [0.25, 0.3) is 11.4 Å². The summed E-state index contributed by atoms with van der Waals surface area (Å²) in [5.74, 6) is 5.91. The normalized spacial score (nSPS) is 12.3. The van der Waals surface area contributed by atoms with Crippen LogP contribution in [0.3, 0.4) is 0 Å². The number of carbonyl (C=O) groups excluding carboxylic acids is 1. The lowest BCUT2D eigenvalue weighted by Gasteiger charge is -2.07. The van der Waals surface area contributed by atoms with Crippen molar-refractivity contribution in [3.63, 3.8) is 0 Å². The van der Waals surface area contributed by atoms with Gasteiger partial charge in [-0.1, -0.05) is 35.5 Å². The van der Waals surface area contributed by atoms with Gasteiger partial charge in [0.15, 0.2) is 5.82 Å². The number of primary amides is 1. The highest BCUT2D eigenvalue weighted by Crippen LogP contribution is 2.28. The van der Waals surface area contributed by atoms with Gasteiger partial charge >= 0.3 is 0 Å². The summed E-state index contributed by atoms with van der Waals surface area (Å²) in [6, 6.07) is 7.18. The van der Waals surface area contributed by atoms with Crippen LogP contribution in [-0.4, -0.2) is 26.0 Å². The Morgan fingerprint density at radius 3 is 2.74 bits per heavy atom. The number of amides is 1. The van der Waals surface area contributed by atoms with Crippen LogP contribution in [0.4, 0.5) is 0 Å². The van der Waals surface area contributed by atoms with Gasteiger partial charge in [-0.25, -0.2) is 4.68 Å². The first kappa shape index (κ1) is 13.7. The zero-order valence-corrected chi connectivity index (χ0v) is 11.6. The van der Waals surface area contributed by atoms with E-state index in [-0.39, 0.29) is 0 Å². The molecular formula is C11H12ClN5OS. The Kier molecular flexibility index (Phi) is 3.96. The van der Waals surface area contributed by atoms with Crippen molar-refractivity contribution >= 4 is 29.3 Å². The van der Waals surface area contributed by atoms with Crippen LogP contribution in [0.2, 0.25) is 5.02 Å². The maximum atomic E-state index is 11.0. The number of benzene rings is 1. The third kappa shape index (κ3) is 2.82. The fourth-order valence-corrected chi connectivity index (χ4v) is 2.34. The molecule has 1 unspecified atom stereocenters. The van der Waals surface area contributed by atoms with Crippen molar-refractivity contribution in [1.82, 2.24) is 14.9 Å². The lowest BCUT2D eigenvalue weighted by atomic mass is 10.2. The van der Waals surface area contributed by atoms with Crippen LogP contribution >= 0.6 is 23.4 Å². The van der Waals surface area contributed by atoms with Crippen molar-refractivity contribution in [1.29, 1.82) is 0 Å². The van der Waals surface area contributed by atoms with Gasteiger partial charge in [0.2, 0.25) is 11.1 Å². The first-order valence-electron chi connectivity index (χ1n) is 5.42. The highest BCUT2D eigenvalue weighted by Gasteiger charge is 2.18. The van der Waals surface area contributed by atoms with Gasteiger partial charge in [0.1, 0.15) is 0 Å². The molecule has 0 aliphatic rings. The third-order valence-electron chi connectivity index (χ3n) is 2.46. The smallest absolute Gasteiger partial charge is 0.230 e. The molecule has 1 amide bonds. The molecule has 4 N–H and O–H groups in total. The summed E-state index contributed by atoms with van der Waals surface area (Å²) in [6.45, 7) is 1.68. The molecule has 1 heterocycles. The lowest BCUT2D eigenvalue weighted by Crippen LogP contribution is -2.23. The molecular weight excluding hydrogens is 286 g/mol. The minimum Gasteiger partial charge on any atom is -0.369 e. The van der Waals surface area contributed by atoms with E-state index >= 15 is 0 Å². The SMILES string of the molecule is CC(Sc1nnc(-c2ccccc2Cl)n1N)C(N)=O. The molecule has 0 bridgehead atoms. The van der Waals surface area contributed by atoms with E-state index in [1.165, 1.54) is 4.68 Å². The van der Waals surface area contributed by atoms with E-state index in [0.717, 1.165) is 11.8 Å². The first-order valence-corrected chi connectivity index (χ1v) is 6.68. The van der Waals surface area contributed by atoms with Gasteiger partial charge < -0.3 is 11.6 Å². The average Bonchev–Trinajstić information content (AvgIpc) is 2.72. The van der Waals surface area contributed by atoms with E-state index in [4.69, 9.17) is 23.2 Å². The highest BCUT2D eigenvalue weighted by atomic mass is 35.5. The number of halogens is 1. The highest BCUT2D eigenvalue weighted by molar-refractivity contribution is 8.00. The molecule has 2 aromatic rings. The molecule has 0 saturated carbocycles. The summed E-state index contributed by atoms with van der Waals surface area (Å²) in [5, 5.41) is 8.42. The number of nitrogens with zero attached hydrogens (tertiary/aromatic N) is 3. The van der Waals surface area contributed by atoms with Gasteiger partial charge in [0.25, 0.3) is 0 Å². The fraction of sp³-hybridized carbons (Fsp3) is 0.182. The Morgan fingerprint density at radius 1 is 1.42 bits per heavy atom. The van der Waals surface area contributed by atoms with Crippen LogP contribution < -0.4 is 11.6 Å². The maximum Gasteiger partial charge on any atom is 0.230 e. The van der Waals surface area contributed by atoms with E-state index in [2.05, 4.69) is 10.2 Å². The van der Waals surface area contributed by atoms with E-state index < -0.39 is 11.2 Å². The molecule has 100 valence electrons. The van der Waals surface area contributed by atoms with Crippen LogP contribution in [0.15, 0.2) is 29.4 Å². The molecule has 0 fully saturated rings. The average molecular weight is 298 g/mol. The molecule has 0 aliphatic carbocycles. The van der Waals surface area contributed by atoms with Crippen molar-refractivity contribution in [3.8, 4) is 11.4 Å². The Morgan fingerprint density at radius 2 is 2.11 bits per heavy atom. The summed E-state index contributed by atoms with van der Waals surface area (Å²) < 4.78 is 1.30. The number of nitrogens with two attached hydrogens (primary N) is 2. The van der Waals surface area contributed by atoms with Gasteiger partial charge in [0.05, 0.1) is 10.3 Å². The first-order chi connectivity index (χ1) is 9.00. The number of rotatable bonds is 4. The number of hydrogen-bond acceptors (Lipinski definition) is 5. The second kappa shape index (κ2) is 5.50. The Labute approximate surface area is 119 Å². The van der Waals surface area contributed by atoms with Crippen LogP contribution in [0.1, 0.15) is 6.92 Å². The predicted molar refractivity (Wildman–Crippen MR) is 75.1 cm³/mol. The Bertz CT molecular complexity index is 615. The van der Waals surface area contributed by atoms with Crippen molar-refractivity contribution in [3.05, 3.63) is 29.3 Å². The second-order valence-corrected chi connectivity index (χ2v) is 5.53. The Hall–Kier alpha value is -1.73. The summed E-state index contributed by atoms with van der Waals surface area (Å²) in [4.78, 5) is 11.0. The number of hydrogen-bond donors (Lipinski definition) is 2. The predicted octanol–water partition coefficient (Wildman–Crippen LogP) is 1.28. The molecule has 0 radical (unpaired) electrons. The van der Waals surface area contributed by atoms with Crippen LogP contribution in [0.5, 0.6) is 0 Å². The minimum atomic E-state index is -0.439. The molecule has 8 heteroatoms. The zero-order valence-electron chi connectivity index (χ0n) is 10.1. The van der Waals surface area contributed by atoms with E-state index in [1.54, 1.807) is 19.1 Å². The zero-order chi connectivity index (χ0) is 14.0. The molecule has 1 aromatic heterocycles. The van der Waals surface area contributed by atoms with E-state index in [9.17, 15) is 4.79 Å². The molecule has 2 rings (SSSR count). The second-order valence-electron chi connectivity index (χ2n) is 3.82. The van der Waals surface area contributed by atoms with Gasteiger partial charge in [0, 0.05) is 5.56 Å². The Balaban J connectivity index is 2.34. The molecule has 0 spiro atoms. The van der Waals surface area contributed by atoms with Gasteiger partial charge in [-0.2, -0.15) is 0 Å². The topological polar surface area (TPSA) is 99.8 Å². The molecule has 0 saturated heterocycles.